The van der Waals surface area contributed by atoms with E-state index in [1.165, 1.54) is 11.8 Å². The van der Waals surface area contributed by atoms with Gasteiger partial charge in [0.05, 0.1) is 26.3 Å². The zero-order valence-electron chi connectivity index (χ0n) is 12.9. The van der Waals surface area contributed by atoms with Gasteiger partial charge in [-0.15, -0.1) is 0 Å². The lowest BCUT2D eigenvalue weighted by Crippen LogP contribution is -2.38. The van der Waals surface area contributed by atoms with Crippen LogP contribution in [-0.2, 0) is 4.79 Å². The Bertz CT molecular complexity index is 745. The minimum absolute atomic E-state index is 0.225. The average Bonchev–Trinajstić information content (AvgIpc) is 2.53. The summed E-state index contributed by atoms with van der Waals surface area (Å²) < 4.78 is 0. The topological polar surface area (TPSA) is 49.4 Å². The molecule has 2 aromatic carbocycles. The molecule has 0 saturated heterocycles. The molecule has 2 aromatic rings. The highest BCUT2D eigenvalue weighted by Gasteiger charge is 2.18. The van der Waals surface area contributed by atoms with Crippen LogP contribution in [0.3, 0.4) is 0 Å². The van der Waals surface area contributed by atoms with Crippen LogP contribution in [0.25, 0.3) is 0 Å². The monoisotopic (exact) mass is 384 g/mol. The lowest BCUT2D eigenvalue weighted by atomic mass is 10.2. The predicted octanol–water partition coefficient (Wildman–Crippen LogP) is 4.43. The molecular formula is C17H15Cl3N2O2. The minimum atomic E-state index is -0.311. The van der Waals surface area contributed by atoms with E-state index in [-0.39, 0.29) is 24.9 Å². The van der Waals surface area contributed by atoms with E-state index < -0.39 is 0 Å². The van der Waals surface area contributed by atoms with E-state index in [0.717, 1.165) is 0 Å². The Kier molecular flexibility index (Phi) is 6.49. The van der Waals surface area contributed by atoms with Crippen molar-refractivity contribution in [3.8, 4) is 0 Å². The summed E-state index contributed by atoms with van der Waals surface area (Å²) in [6, 6.07) is 11.8. The summed E-state index contributed by atoms with van der Waals surface area (Å²) in [6.45, 7) is 1.87. The van der Waals surface area contributed by atoms with Gasteiger partial charge in [0.1, 0.15) is 0 Å². The van der Waals surface area contributed by atoms with E-state index in [1.807, 2.05) is 0 Å². The smallest absolute Gasteiger partial charge is 0.252 e. The first-order valence-corrected chi connectivity index (χ1v) is 8.30. The molecular weight excluding hydrogens is 371 g/mol. The fourth-order valence-electron chi connectivity index (χ4n) is 2.20. The van der Waals surface area contributed by atoms with Gasteiger partial charge in [0.2, 0.25) is 5.91 Å². The Hall–Kier alpha value is -1.75. The molecule has 0 saturated carbocycles. The van der Waals surface area contributed by atoms with E-state index in [1.54, 1.807) is 42.5 Å². The van der Waals surface area contributed by atoms with Gasteiger partial charge in [-0.2, -0.15) is 0 Å². The molecule has 1 N–H and O–H groups in total. The van der Waals surface area contributed by atoms with Gasteiger partial charge >= 0.3 is 0 Å². The number of anilines is 1. The molecule has 0 aromatic heterocycles. The number of amides is 2. The molecule has 24 heavy (non-hydrogen) atoms. The van der Waals surface area contributed by atoms with Crippen molar-refractivity contribution >= 4 is 52.3 Å². The van der Waals surface area contributed by atoms with Gasteiger partial charge in [-0.1, -0.05) is 53.0 Å². The lowest BCUT2D eigenvalue weighted by Gasteiger charge is -2.23. The van der Waals surface area contributed by atoms with Crippen molar-refractivity contribution in [2.45, 2.75) is 6.92 Å². The number of rotatable bonds is 5. The number of halogens is 3. The Morgan fingerprint density at radius 1 is 0.958 bits per heavy atom. The van der Waals surface area contributed by atoms with E-state index >= 15 is 0 Å². The summed E-state index contributed by atoms with van der Waals surface area (Å²) >= 11 is 18.3. The minimum Gasteiger partial charge on any atom is -0.350 e. The number of para-hydroxylation sites is 1. The van der Waals surface area contributed by atoms with Crippen molar-refractivity contribution in [3.05, 3.63) is 63.1 Å². The zero-order chi connectivity index (χ0) is 17.7. The normalized spacial score (nSPS) is 10.3. The molecule has 7 heteroatoms. The number of benzene rings is 2. The molecule has 2 rings (SSSR count). The first-order chi connectivity index (χ1) is 11.4. The van der Waals surface area contributed by atoms with Crippen LogP contribution < -0.4 is 10.2 Å². The highest BCUT2D eigenvalue weighted by atomic mass is 35.5. The number of hydrogen-bond acceptors (Lipinski definition) is 2. The van der Waals surface area contributed by atoms with Gasteiger partial charge in [0.25, 0.3) is 5.91 Å². The van der Waals surface area contributed by atoms with E-state index in [0.29, 0.717) is 26.3 Å². The van der Waals surface area contributed by atoms with Crippen LogP contribution in [0.2, 0.25) is 15.1 Å². The van der Waals surface area contributed by atoms with Gasteiger partial charge in [-0.05, 0) is 24.3 Å². The van der Waals surface area contributed by atoms with Crippen molar-refractivity contribution < 1.29 is 9.59 Å². The second kappa shape index (κ2) is 8.38. The SMILES string of the molecule is CC(=O)N(CCNC(=O)c1ccccc1Cl)c1c(Cl)cccc1Cl. The summed E-state index contributed by atoms with van der Waals surface area (Å²) in [5.41, 5.74) is 0.810. The van der Waals surface area contributed by atoms with E-state index in [2.05, 4.69) is 5.32 Å². The molecule has 126 valence electrons. The first kappa shape index (κ1) is 18.6. The van der Waals surface area contributed by atoms with Crippen molar-refractivity contribution in [2.75, 3.05) is 18.0 Å². The van der Waals surface area contributed by atoms with Gasteiger partial charge in [0, 0.05) is 20.0 Å². The molecule has 0 atom stereocenters. The molecule has 0 aliphatic rings. The van der Waals surface area contributed by atoms with Crippen LogP contribution in [0.1, 0.15) is 17.3 Å². The summed E-state index contributed by atoms with van der Waals surface area (Å²) in [5, 5.41) is 3.84. The molecule has 0 aliphatic carbocycles. The lowest BCUT2D eigenvalue weighted by molar-refractivity contribution is -0.116. The highest BCUT2D eigenvalue weighted by Crippen LogP contribution is 2.33. The molecule has 0 heterocycles. The second-order valence-electron chi connectivity index (χ2n) is 4.98. The summed E-state index contributed by atoms with van der Waals surface area (Å²) in [5.74, 6) is -0.536. The maximum absolute atomic E-state index is 12.1. The number of carbonyl (C=O) groups excluding carboxylic acids is 2. The van der Waals surface area contributed by atoms with Gasteiger partial charge in [-0.25, -0.2) is 0 Å². The summed E-state index contributed by atoms with van der Waals surface area (Å²) in [6.07, 6.45) is 0. The van der Waals surface area contributed by atoms with Crippen LogP contribution in [0.4, 0.5) is 5.69 Å². The standard InChI is InChI=1S/C17H15Cl3N2O2/c1-11(23)22(16-14(19)7-4-8-15(16)20)10-9-21-17(24)12-5-2-3-6-13(12)18/h2-8H,9-10H2,1H3,(H,21,24). The molecule has 0 aliphatic heterocycles. The van der Waals surface area contributed by atoms with Crippen molar-refractivity contribution in [1.82, 2.24) is 5.32 Å². The fourth-order valence-corrected chi connectivity index (χ4v) is 3.02. The number of hydrogen-bond donors (Lipinski definition) is 1. The fraction of sp³-hybridized carbons (Fsp3) is 0.176. The maximum Gasteiger partial charge on any atom is 0.252 e. The van der Waals surface area contributed by atoms with Crippen LogP contribution in [-0.4, -0.2) is 24.9 Å². The second-order valence-corrected chi connectivity index (χ2v) is 6.20. The molecule has 0 fully saturated rings. The Balaban J connectivity index is 2.07. The van der Waals surface area contributed by atoms with E-state index in [4.69, 9.17) is 34.8 Å². The molecule has 2 amide bonds. The number of carbonyl (C=O) groups is 2. The highest BCUT2D eigenvalue weighted by molar-refractivity contribution is 6.39. The molecule has 0 spiro atoms. The largest absolute Gasteiger partial charge is 0.350 e. The molecule has 0 unspecified atom stereocenters. The third-order valence-corrected chi connectivity index (χ3v) is 4.27. The first-order valence-electron chi connectivity index (χ1n) is 7.16. The van der Waals surface area contributed by atoms with Gasteiger partial charge in [0.15, 0.2) is 0 Å². The Morgan fingerprint density at radius 3 is 2.12 bits per heavy atom. The van der Waals surface area contributed by atoms with E-state index in [9.17, 15) is 9.59 Å². The third kappa shape index (κ3) is 4.41. The Labute approximate surface area is 155 Å². The van der Waals surface area contributed by atoms with Crippen LogP contribution in [0.15, 0.2) is 42.5 Å². The Morgan fingerprint density at radius 2 is 1.54 bits per heavy atom. The molecule has 0 bridgehead atoms. The average molecular weight is 386 g/mol. The van der Waals surface area contributed by atoms with Crippen molar-refractivity contribution in [2.24, 2.45) is 0 Å². The zero-order valence-corrected chi connectivity index (χ0v) is 15.1. The van der Waals surface area contributed by atoms with Crippen LogP contribution >= 0.6 is 34.8 Å². The molecule has 0 radical (unpaired) electrons. The predicted molar refractivity (Wildman–Crippen MR) is 98.3 cm³/mol. The molecule has 4 nitrogen and oxygen atoms in total. The van der Waals surface area contributed by atoms with Crippen molar-refractivity contribution in [1.29, 1.82) is 0 Å². The number of nitrogens with zero attached hydrogens (tertiary/aromatic N) is 1. The summed E-state index contributed by atoms with van der Waals surface area (Å²) in [7, 11) is 0. The van der Waals surface area contributed by atoms with Gasteiger partial charge < -0.3 is 10.2 Å². The van der Waals surface area contributed by atoms with Crippen LogP contribution in [0.5, 0.6) is 0 Å². The number of nitrogens with one attached hydrogen (secondary N) is 1. The maximum atomic E-state index is 12.1. The van der Waals surface area contributed by atoms with Gasteiger partial charge in [-0.3, -0.25) is 9.59 Å². The third-order valence-electron chi connectivity index (χ3n) is 3.33. The quantitative estimate of drug-likeness (QED) is 0.827. The summed E-state index contributed by atoms with van der Waals surface area (Å²) in [4.78, 5) is 25.5. The van der Waals surface area contributed by atoms with Crippen molar-refractivity contribution in [3.63, 3.8) is 0 Å². The van der Waals surface area contributed by atoms with Crippen LogP contribution in [0, 0.1) is 0 Å².